The molecule has 0 radical (unpaired) electrons. The molecule has 5 nitrogen and oxygen atoms in total. The van der Waals surface area contributed by atoms with Gasteiger partial charge in [0.1, 0.15) is 5.82 Å². The van der Waals surface area contributed by atoms with E-state index in [2.05, 4.69) is 33.9 Å². The molecule has 5 heteroatoms. The van der Waals surface area contributed by atoms with E-state index >= 15 is 0 Å². The highest BCUT2D eigenvalue weighted by molar-refractivity contribution is 5.78. The first-order chi connectivity index (χ1) is 9.65. The van der Waals surface area contributed by atoms with E-state index in [9.17, 15) is 4.79 Å². The van der Waals surface area contributed by atoms with E-state index in [0.717, 1.165) is 38.5 Å². The van der Waals surface area contributed by atoms with Crippen LogP contribution in [0.4, 0.5) is 5.82 Å². The third-order valence-electron chi connectivity index (χ3n) is 3.42. The first kappa shape index (κ1) is 14.8. The molecule has 110 valence electrons. The molecule has 2 rings (SSSR count). The Morgan fingerprint density at radius 2 is 2.05 bits per heavy atom. The topological polar surface area (TPSA) is 48.5 Å². The van der Waals surface area contributed by atoms with Gasteiger partial charge >= 0.3 is 0 Å². The standard InChI is InChI=1S/C15H24N4O/c1-13(2)11-17-15(20)12-18-7-9-19(10-8-18)14-5-3-4-6-16-14/h3-6,13H,7-12H2,1-2H3,(H,17,20). The van der Waals surface area contributed by atoms with Crippen LogP contribution in [0.25, 0.3) is 0 Å². The molecule has 0 spiro atoms. The van der Waals surface area contributed by atoms with Gasteiger partial charge in [0.25, 0.3) is 0 Å². The van der Waals surface area contributed by atoms with Crippen LogP contribution in [0.2, 0.25) is 0 Å². The van der Waals surface area contributed by atoms with Crippen LogP contribution in [0.3, 0.4) is 0 Å². The van der Waals surface area contributed by atoms with Crippen LogP contribution in [0.5, 0.6) is 0 Å². The molecule has 0 bridgehead atoms. The Hall–Kier alpha value is -1.62. The van der Waals surface area contributed by atoms with Crippen LogP contribution in [0, 0.1) is 5.92 Å². The van der Waals surface area contributed by atoms with Crippen molar-refractivity contribution in [3.63, 3.8) is 0 Å². The van der Waals surface area contributed by atoms with Crippen molar-refractivity contribution in [3.05, 3.63) is 24.4 Å². The van der Waals surface area contributed by atoms with E-state index in [1.165, 1.54) is 0 Å². The Labute approximate surface area is 121 Å². The second-order valence-electron chi connectivity index (χ2n) is 5.65. The van der Waals surface area contributed by atoms with E-state index in [4.69, 9.17) is 0 Å². The predicted octanol–water partition coefficient (Wildman–Crippen LogP) is 0.976. The number of carbonyl (C=O) groups is 1. The van der Waals surface area contributed by atoms with Crippen molar-refractivity contribution in [2.45, 2.75) is 13.8 Å². The van der Waals surface area contributed by atoms with Crippen molar-refractivity contribution in [1.29, 1.82) is 0 Å². The fourth-order valence-corrected chi connectivity index (χ4v) is 2.25. The molecule has 1 saturated heterocycles. The molecular weight excluding hydrogens is 252 g/mol. The van der Waals surface area contributed by atoms with E-state index in [0.29, 0.717) is 12.5 Å². The molecule has 0 atom stereocenters. The van der Waals surface area contributed by atoms with Crippen molar-refractivity contribution >= 4 is 11.7 Å². The summed E-state index contributed by atoms with van der Waals surface area (Å²) in [7, 11) is 0. The van der Waals surface area contributed by atoms with Gasteiger partial charge in [0.2, 0.25) is 5.91 Å². The highest BCUT2D eigenvalue weighted by atomic mass is 16.2. The number of hydrogen-bond donors (Lipinski definition) is 1. The SMILES string of the molecule is CC(C)CNC(=O)CN1CCN(c2ccccn2)CC1. The highest BCUT2D eigenvalue weighted by Gasteiger charge is 2.19. The maximum Gasteiger partial charge on any atom is 0.234 e. The van der Waals surface area contributed by atoms with Gasteiger partial charge in [-0.3, -0.25) is 9.69 Å². The lowest BCUT2D eigenvalue weighted by molar-refractivity contribution is -0.122. The molecule has 1 aromatic heterocycles. The monoisotopic (exact) mass is 276 g/mol. The van der Waals surface area contributed by atoms with Crippen molar-refractivity contribution in [1.82, 2.24) is 15.2 Å². The van der Waals surface area contributed by atoms with Crippen LogP contribution < -0.4 is 10.2 Å². The van der Waals surface area contributed by atoms with E-state index in [1.807, 2.05) is 24.4 Å². The molecule has 1 aliphatic heterocycles. The van der Waals surface area contributed by atoms with E-state index < -0.39 is 0 Å². The summed E-state index contributed by atoms with van der Waals surface area (Å²) in [5, 5.41) is 2.97. The minimum atomic E-state index is 0.130. The fraction of sp³-hybridized carbons (Fsp3) is 0.600. The van der Waals surface area contributed by atoms with Gasteiger partial charge in [-0.15, -0.1) is 0 Å². The molecule has 0 aliphatic carbocycles. The zero-order valence-corrected chi connectivity index (χ0v) is 12.4. The predicted molar refractivity (Wildman–Crippen MR) is 80.7 cm³/mol. The van der Waals surface area contributed by atoms with Crippen LogP contribution in [-0.4, -0.2) is 55.1 Å². The van der Waals surface area contributed by atoms with Crippen molar-refractivity contribution in [3.8, 4) is 0 Å². The molecule has 0 saturated carbocycles. The lowest BCUT2D eigenvalue weighted by atomic mass is 10.2. The summed E-state index contributed by atoms with van der Waals surface area (Å²) < 4.78 is 0. The van der Waals surface area contributed by atoms with Crippen molar-refractivity contribution in [2.24, 2.45) is 5.92 Å². The minimum Gasteiger partial charge on any atom is -0.355 e. The number of amides is 1. The molecule has 1 fully saturated rings. The first-order valence-corrected chi connectivity index (χ1v) is 7.30. The van der Waals surface area contributed by atoms with E-state index in [1.54, 1.807) is 0 Å². The molecule has 1 amide bonds. The van der Waals surface area contributed by atoms with Gasteiger partial charge in [0.15, 0.2) is 0 Å². The minimum absolute atomic E-state index is 0.130. The molecule has 2 heterocycles. The molecule has 1 N–H and O–H groups in total. The average molecular weight is 276 g/mol. The smallest absolute Gasteiger partial charge is 0.234 e. The summed E-state index contributed by atoms with van der Waals surface area (Å²) in [5.74, 6) is 1.65. The zero-order chi connectivity index (χ0) is 14.4. The summed E-state index contributed by atoms with van der Waals surface area (Å²) in [6.07, 6.45) is 1.82. The Bertz CT molecular complexity index is 413. The number of pyridine rings is 1. The zero-order valence-electron chi connectivity index (χ0n) is 12.4. The Balaban J connectivity index is 1.73. The Kier molecular flexibility index (Phi) is 5.35. The highest BCUT2D eigenvalue weighted by Crippen LogP contribution is 2.12. The number of carbonyl (C=O) groups excluding carboxylic acids is 1. The average Bonchev–Trinajstić information content (AvgIpc) is 2.47. The lowest BCUT2D eigenvalue weighted by Gasteiger charge is -2.35. The maximum absolute atomic E-state index is 11.8. The van der Waals surface area contributed by atoms with Crippen LogP contribution in [-0.2, 0) is 4.79 Å². The number of piperazine rings is 1. The van der Waals surface area contributed by atoms with Gasteiger partial charge in [0, 0.05) is 38.9 Å². The van der Waals surface area contributed by atoms with Gasteiger partial charge in [0.05, 0.1) is 6.54 Å². The summed E-state index contributed by atoms with van der Waals surface area (Å²) in [6.45, 7) is 9.13. The van der Waals surface area contributed by atoms with Gasteiger partial charge in [-0.2, -0.15) is 0 Å². The van der Waals surface area contributed by atoms with Crippen LogP contribution in [0.15, 0.2) is 24.4 Å². The molecule has 1 aliphatic rings. The second kappa shape index (κ2) is 7.24. The molecule has 20 heavy (non-hydrogen) atoms. The number of anilines is 1. The normalized spacial score (nSPS) is 16.4. The fourth-order valence-electron chi connectivity index (χ4n) is 2.25. The van der Waals surface area contributed by atoms with E-state index in [-0.39, 0.29) is 5.91 Å². The third kappa shape index (κ3) is 4.49. The number of rotatable bonds is 5. The van der Waals surface area contributed by atoms with Gasteiger partial charge < -0.3 is 10.2 Å². The third-order valence-corrected chi connectivity index (χ3v) is 3.42. The van der Waals surface area contributed by atoms with Gasteiger partial charge in [-0.1, -0.05) is 19.9 Å². The summed E-state index contributed by atoms with van der Waals surface area (Å²) >= 11 is 0. The number of nitrogens with one attached hydrogen (secondary N) is 1. The first-order valence-electron chi connectivity index (χ1n) is 7.30. The molecular formula is C15H24N4O. The summed E-state index contributed by atoms with van der Waals surface area (Å²) in [4.78, 5) is 20.6. The number of hydrogen-bond acceptors (Lipinski definition) is 4. The van der Waals surface area contributed by atoms with Gasteiger partial charge in [-0.25, -0.2) is 4.98 Å². The Morgan fingerprint density at radius 1 is 1.30 bits per heavy atom. The number of aromatic nitrogens is 1. The lowest BCUT2D eigenvalue weighted by Crippen LogP contribution is -2.50. The van der Waals surface area contributed by atoms with Crippen molar-refractivity contribution < 1.29 is 4.79 Å². The van der Waals surface area contributed by atoms with Crippen LogP contribution in [0.1, 0.15) is 13.8 Å². The van der Waals surface area contributed by atoms with Gasteiger partial charge in [-0.05, 0) is 18.1 Å². The maximum atomic E-state index is 11.8. The number of nitrogens with zero attached hydrogens (tertiary/aromatic N) is 3. The molecule has 1 aromatic rings. The molecule has 0 unspecified atom stereocenters. The molecule has 0 aromatic carbocycles. The second-order valence-corrected chi connectivity index (χ2v) is 5.65. The largest absolute Gasteiger partial charge is 0.355 e. The Morgan fingerprint density at radius 3 is 2.65 bits per heavy atom. The quantitative estimate of drug-likeness (QED) is 0.871. The summed E-state index contributed by atoms with van der Waals surface area (Å²) in [5.41, 5.74) is 0. The summed E-state index contributed by atoms with van der Waals surface area (Å²) in [6, 6.07) is 5.97. The van der Waals surface area contributed by atoms with Crippen LogP contribution >= 0.6 is 0 Å². The van der Waals surface area contributed by atoms with Crippen molar-refractivity contribution in [2.75, 3.05) is 44.2 Å².